The topological polar surface area (TPSA) is 60.5 Å². The number of methoxy groups -OCH3 is 1. The Bertz CT molecular complexity index is 907. The van der Waals surface area contributed by atoms with Crippen LogP contribution in [0.1, 0.15) is 10.6 Å². The van der Waals surface area contributed by atoms with Crippen LogP contribution in [0.15, 0.2) is 42.5 Å². The van der Waals surface area contributed by atoms with Crippen LogP contribution in [0.25, 0.3) is 10.2 Å². The fourth-order valence-electron chi connectivity index (χ4n) is 2.24. The fraction of sp³-hybridized carbons (Fsp3) is 0.176. The normalized spacial score (nSPS) is 11.4. The number of anilines is 1. The van der Waals surface area contributed by atoms with E-state index in [0.717, 1.165) is 29.5 Å². The number of benzene rings is 2. The summed E-state index contributed by atoms with van der Waals surface area (Å²) in [5.74, 6) is 0.0204. The summed E-state index contributed by atoms with van der Waals surface area (Å²) in [7, 11) is 1.07. The molecule has 0 aliphatic heterocycles. The third kappa shape index (κ3) is 4.05. The first-order valence-electron chi connectivity index (χ1n) is 7.40. The number of nitrogens with one attached hydrogen (secondary N) is 1. The molecule has 2 aromatic carbocycles. The summed E-state index contributed by atoms with van der Waals surface area (Å²) in [5, 5.41) is 2.69. The van der Waals surface area contributed by atoms with E-state index < -0.39 is 23.5 Å². The lowest BCUT2D eigenvalue weighted by atomic mass is 10.1. The van der Waals surface area contributed by atoms with E-state index in [4.69, 9.17) is 4.74 Å². The highest BCUT2D eigenvalue weighted by Crippen LogP contribution is 2.37. The van der Waals surface area contributed by atoms with Crippen molar-refractivity contribution in [3.63, 3.8) is 0 Å². The van der Waals surface area contributed by atoms with Crippen LogP contribution in [0, 0.1) is 0 Å². The summed E-state index contributed by atoms with van der Waals surface area (Å²) >= 11 is 1.41. The fourth-order valence-corrected chi connectivity index (χ4v) is 3.12. The van der Waals surface area contributed by atoms with Crippen LogP contribution >= 0.6 is 11.3 Å². The van der Waals surface area contributed by atoms with E-state index in [1.54, 1.807) is 0 Å². The number of hydrogen-bond donors (Lipinski definition) is 1. The van der Waals surface area contributed by atoms with Crippen molar-refractivity contribution in [3.8, 4) is 5.75 Å². The van der Waals surface area contributed by atoms with Gasteiger partial charge in [-0.1, -0.05) is 12.1 Å². The number of halogens is 3. The molecule has 0 unspecified atom stereocenters. The Morgan fingerprint density at radius 3 is 2.69 bits per heavy atom. The predicted octanol–water partition coefficient (Wildman–Crippen LogP) is 5.07. The number of alkyl halides is 3. The van der Waals surface area contributed by atoms with Gasteiger partial charge in [0.05, 0.1) is 28.6 Å². The Morgan fingerprint density at radius 2 is 2.00 bits per heavy atom. The molecule has 0 aliphatic carbocycles. The van der Waals surface area contributed by atoms with E-state index >= 15 is 0 Å². The van der Waals surface area contributed by atoms with Crippen molar-refractivity contribution in [3.05, 3.63) is 53.0 Å². The molecule has 1 N–H and O–H groups in total. The minimum atomic E-state index is -4.66. The number of aromatic nitrogens is 1. The average Bonchev–Trinajstić information content (AvgIpc) is 3.02. The maximum Gasteiger partial charge on any atom is 0.418 e. The summed E-state index contributed by atoms with van der Waals surface area (Å²) in [4.78, 5) is 15.6. The van der Waals surface area contributed by atoms with Gasteiger partial charge in [-0.05, 0) is 30.3 Å². The van der Waals surface area contributed by atoms with Crippen LogP contribution in [0.5, 0.6) is 5.75 Å². The molecule has 1 amide bonds. The summed E-state index contributed by atoms with van der Waals surface area (Å²) in [6, 6.07) is 10.8. The second-order valence-corrected chi connectivity index (χ2v) is 6.30. The van der Waals surface area contributed by atoms with Gasteiger partial charge in [0.15, 0.2) is 0 Å². The molecule has 3 aromatic rings. The molecule has 0 fully saturated rings. The van der Waals surface area contributed by atoms with E-state index in [1.165, 1.54) is 17.4 Å². The van der Waals surface area contributed by atoms with Crippen molar-refractivity contribution in [2.75, 3.05) is 12.4 Å². The van der Waals surface area contributed by atoms with Crippen molar-refractivity contribution in [2.45, 2.75) is 12.8 Å². The third-order valence-corrected chi connectivity index (χ3v) is 4.43. The molecule has 0 radical (unpaired) electrons. The average molecular weight is 382 g/mol. The minimum Gasteiger partial charge on any atom is -0.486 e. The summed E-state index contributed by atoms with van der Waals surface area (Å²) < 4.78 is 50.4. The van der Waals surface area contributed by atoms with Crippen molar-refractivity contribution in [1.29, 1.82) is 0 Å². The number of carbonyl (C=O) groups excluding carboxylic acids is 1. The lowest BCUT2D eigenvalue weighted by Crippen LogP contribution is -2.16. The standard InChI is InChI=1S/C17H13F3N2O3S/c1-24-16(23)22-12-7-6-10(8-11(12)17(18,19)20)25-9-15-21-13-4-2-3-5-14(13)26-15/h2-8H,9H2,1H3,(H,22,23). The molecule has 5 nitrogen and oxygen atoms in total. The van der Waals surface area contributed by atoms with Crippen molar-refractivity contribution in [1.82, 2.24) is 4.98 Å². The van der Waals surface area contributed by atoms with Gasteiger partial charge in [-0.25, -0.2) is 9.78 Å². The van der Waals surface area contributed by atoms with Gasteiger partial charge in [-0.2, -0.15) is 13.2 Å². The maximum atomic E-state index is 13.2. The number of rotatable bonds is 4. The molecule has 26 heavy (non-hydrogen) atoms. The summed E-state index contributed by atoms with van der Waals surface area (Å²) in [5.41, 5.74) is -0.619. The number of hydrogen-bond acceptors (Lipinski definition) is 5. The summed E-state index contributed by atoms with van der Waals surface area (Å²) in [6.07, 6.45) is -5.65. The largest absolute Gasteiger partial charge is 0.486 e. The van der Waals surface area contributed by atoms with E-state index in [2.05, 4.69) is 9.72 Å². The Kier molecular flexibility index (Phi) is 4.99. The summed E-state index contributed by atoms with van der Waals surface area (Å²) in [6.45, 7) is 0.0421. The highest BCUT2D eigenvalue weighted by atomic mass is 32.1. The van der Waals surface area contributed by atoms with Crippen LogP contribution in [0.2, 0.25) is 0 Å². The van der Waals surface area contributed by atoms with E-state index in [9.17, 15) is 18.0 Å². The monoisotopic (exact) mass is 382 g/mol. The Labute approximate surface area is 150 Å². The zero-order valence-corrected chi connectivity index (χ0v) is 14.3. The first-order valence-corrected chi connectivity index (χ1v) is 8.22. The predicted molar refractivity (Wildman–Crippen MR) is 91.4 cm³/mol. The quantitative estimate of drug-likeness (QED) is 0.684. The van der Waals surface area contributed by atoms with Gasteiger partial charge in [0.1, 0.15) is 17.4 Å². The van der Waals surface area contributed by atoms with Crippen LogP contribution in [0.3, 0.4) is 0 Å². The zero-order valence-electron chi connectivity index (χ0n) is 13.5. The van der Waals surface area contributed by atoms with Gasteiger partial charge < -0.3 is 9.47 Å². The van der Waals surface area contributed by atoms with Crippen LogP contribution in [0.4, 0.5) is 23.7 Å². The molecule has 0 aliphatic rings. The molecule has 0 bridgehead atoms. The molecular formula is C17H13F3N2O3S. The molecule has 1 aromatic heterocycles. The molecule has 0 atom stereocenters. The Balaban J connectivity index is 1.80. The van der Waals surface area contributed by atoms with E-state index in [1.807, 2.05) is 29.6 Å². The lowest BCUT2D eigenvalue weighted by Gasteiger charge is -2.15. The van der Waals surface area contributed by atoms with Gasteiger partial charge in [-0.15, -0.1) is 11.3 Å². The molecule has 136 valence electrons. The Hall–Kier alpha value is -2.81. The third-order valence-electron chi connectivity index (χ3n) is 3.42. The number of amides is 1. The number of carbonyl (C=O) groups is 1. The van der Waals surface area contributed by atoms with Crippen LogP contribution in [-0.2, 0) is 17.5 Å². The van der Waals surface area contributed by atoms with Gasteiger partial charge in [-0.3, -0.25) is 5.32 Å². The second-order valence-electron chi connectivity index (χ2n) is 5.19. The number of para-hydroxylation sites is 1. The lowest BCUT2D eigenvalue weighted by molar-refractivity contribution is -0.137. The van der Waals surface area contributed by atoms with Crippen molar-refractivity contribution in [2.24, 2.45) is 0 Å². The highest BCUT2D eigenvalue weighted by molar-refractivity contribution is 7.18. The SMILES string of the molecule is COC(=O)Nc1ccc(OCc2nc3ccccc3s2)cc1C(F)(F)F. The molecule has 3 rings (SSSR count). The number of fused-ring (bicyclic) bond motifs is 1. The smallest absolute Gasteiger partial charge is 0.418 e. The van der Waals surface area contributed by atoms with E-state index in [0.29, 0.717) is 5.01 Å². The molecule has 0 saturated carbocycles. The van der Waals surface area contributed by atoms with Gasteiger partial charge >= 0.3 is 12.3 Å². The van der Waals surface area contributed by atoms with Gasteiger partial charge in [0, 0.05) is 0 Å². The molecule has 1 heterocycles. The molecule has 0 saturated heterocycles. The second kappa shape index (κ2) is 7.20. The number of thiazole rings is 1. The first-order chi connectivity index (χ1) is 12.4. The molecular weight excluding hydrogens is 369 g/mol. The Morgan fingerprint density at radius 1 is 1.23 bits per heavy atom. The van der Waals surface area contributed by atoms with Gasteiger partial charge in [0.2, 0.25) is 0 Å². The van der Waals surface area contributed by atoms with Crippen molar-refractivity contribution >= 4 is 33.3 Å². The maximum absolute atomic E-state index is 13.2. The van der Waals surface area contributed by atoms with Crippen LogP contribution < -0.4 is 10.1 Å². The number of nitrogens with zero attached hydrogens (tertiary/aromatic N) is 1. The zero-order chi connectivity index (χ0) is 18.7. The number of ether oxygens (including phenoxy) is 2. The van der Waals surface area contributed by atoms with Gasteiger partial charge in [0.25, 0.3) is 0 Å². The van der Waals surface area contributed by atoms with Crippen LogP contribution in [-0.4, -0.2) is 18.2 Å². The first kappa shape index (κ1) is 18.0. The molecule has 9 heteroatoms. The van der Waals surface area contributed by atoms with E-state index in [-0.39, 0.29) is 12.4 Å². The van der Waals surface area contributed by atoms with Crippen molar-refractivity contribution < 1.29 is 27.4 Å². The highest BCUT2D eigenvalue weighted by Gasteiger charge is 2.34. The molecule has 0 spiro atoms. The minimum absolute atomic E-state index is 0.0204.